The molecule has 0 heteroatoms. The van der Waals surface area contributed by atoms with Gasteiger partial charge < -0.3 is 0 Å². The number of allylic oxidation sites excluding steroid dienone is 1. The highest BCUT2D eigenvalue weighted by Gasteiger charge is 2.17. The molecule has 0 aromatic heterocycles. The first-order valence-electron chi connectivity index (χ1n) is 6.62. The molecule has 0 amide bonds. The number of hydrogen-bond donors (Lipinski definition) is 0. The monoisotopic (exact) mass is 233 g/mol. The van der Waals surface area contributed by atoms with Gasteiger partial charge in [-0.3, -0.25) is 0 Å². The molecule has 2 aromatic rings. The lowest BCUT2D eigenvalue weighted by atomic mass is 10.0. The Morgan fingerprint density at radius 1 is 1.00 bits per heavy atom. The van der Waals surface area contributed by atoms with Crippen molar-refractivity contribution in [1.82, 2.24) is 0 Å². The van der Waals surface area contributed by atoms with E-state index in [1.165, 1.54) is 27.8 Å². The normalized spacial score (nSPS) is 12.0. The fourth-order valence-electron chi connectivity index (χ4n) is 2.78. The van der Waals surface area contributed by atoms with Crippen LogP contribution < -0.4 is 0 Å². The van der Waals surface area contributed by atoms with Crippen LogP contribution in [0.2, 0.25) is 0 Å². The lowest BCUT2D eigenvalue weighted by Gasteiger charge is -2.04. The third-order valence-corrected chi connectivity index (χ3v) is 3.69. The van der Waals surface area contributed by atoms with Gasteiger partial charge in [-0.15, -0.1) is 0 Å². The minimum Gasteiger partial charge on any atom is -0.0845 e. The first kappa shape index (κ1) is 11.3. The van der Waals surface area contributed by atoms with Crippen LogP contribution >= 0.6 is 0 Å². The van der Waals surface area contributed by atoms with Crippen LogP contribution in [-0.2, 0) is 12.8 Å². The van der Waals surface area contributed by atoms with Crippen molar-refractivity contribution in [2.45, 2.75) is 25.7 Å². The highest BCUT2D eigenvalue weighted by atomic mass is 14.2. The molecule has 0 saturated heterocycles. The third-order valence-electron chi connectivity index (χ3n) is 3.69. The summed E-state index contributed by atoms with van der Waals surface area (Å²) in [4.78, 5) is 0. The Kier molecular flexibility index (Phi) is 3.02. The van der Waals surface area contributed by atoms with Gasteiger partial charge in [0.1, 0.15) is 0 Å². The second-order valence-corrected chi connectivity index (χ2v) is 4.95. The van der Waals surface area contributed by atoms with Gasteiger partial charge in [0, 0.05) is 0 Å². The van der Waals surface area contributed by atoms with E-state index in [1.54, 1.807) is 6.08 Å². The topological polar surface area (TPSA) is 0 Å². The second-order valence-electron chi connectivity index (χ2n) is 4.95. The van der Waals surface area contributed by atoms with Gasteiger partial charge in [-0.25, -0.2) is 0 Å². The molecule has 1 aliphatic rings. The molecule has 0 nitrogen and oxygen atoms in total. The molecule has 0 N–H and O–H groups in total. The van der Waals surface area contributed by atoms with Gasteiger partial charge in [0.15, 0.2) is 0 Å². The molecule has 1 aliphatic carbocycles. The number of hydrogen-bond acceptors (Lipinski definition) is 0. The molecule has 0 saturated carbocycles. The first-order chi connectivity index (χ1) is 8.88. The van der Waals surface area contributed by atoms with Crippen LogP contribution in [0.5, 0.6) is 0 Å². The maximum Gasteiger partial charge on any atom is -0.00134 e. The highest BCUT2D eigenvalue weighted by Crippen LogP contribution is 2.36. The summed E-state index contributed by atoms with van der Waals surface area (Å²) in [6.45, 7) is 5.42. The van der Waals surface area contributed by atoms with Crippen molar-refractivity contribution in [2.24, 2.45) is 0 Å². The average Bonchev–Trinajstić information content (AvgIpc) is 2.76. The molecule has 0 heterocycles. The van der Waals surface area contributed by atoms with Crippen LogP contribution in [0.1, 0.15) is 29.5 Å². The standard InChI is InChI=1S/C18H17/c1-2-3-4-7-14-10-11-18-16(12-14)13-15-8-5-6-9-17(15)18/h1-2,5-6,8-12H,3-4,7,13H2. The number of fused-ring (bicyclic) bond motifs is 3. The molecular formula is C18H17. The van der Waals surface area contributed by atoms with Gasteiger partial charge in [0.2, 0.25) is 0 Å². The van der Waals surface area contributed by atoms with E-state index >= 15 is 0 Å². The average molecular weight is 233 g/mol. The quantitative estimate of drug-likeness (QED) is 0.579. The van der Waals surface area contributed by atoms with E-state index in [-0.39, 0.29) is 0 Å². The molecule has 0 spiro atoms. The van der Waals surface area contributed by atoms with Crippen molar-refractivity contribution in [3.8, 4) is 11.1 Å². The molecule has 2 aromatic carbocycles. The molecule has 0 atom stereocenters. The van der Waals surface area contributed by atoms with Crippen LogP contribution in [0.25, 0.3) is 11.1 Å². The fraction of sp³-hybridized carbons (Fsp3) is 0.222. The Morgan fingerprint density at radius 3 is 2.72 bits per heavy atom. The Bertz CT molecular complexity index is 578. The molecule has 18 heavy (non-hydrogen) atoms. The van der Waals surface area contributed by atoms with Crippen molar-refractivity contribution in [2.75, 3.05) is 0 Å². The zero-order valence-electron chi connectivity index (χ0n) is 10.5. The van der Waals surface area contributed by atoms with E-state index in [4.69, 9.17) is 6.58 Å². The molecule has 89 valence electrons. The summed E-state index contributed by atoms with van der Waals surface area (Å²) >= 11 is 0. The summed E-state index contributed by atoms with van der Waals surface area (Å²) in [5.74, 6) is 0. The Labute approximate surface area is 109 Å². The first-order valence-corrected chi connectivity index (χ1v) is 6.62. The van der Waals surface area contributed by atoms with Crippen molar-refractivity contribution < 1.29 is 0 Å². The second kappa shape index (κ2) is 4.81. The van der Waals surface area contributed by atoms with Gasteiger partial charge in [0.25, 0.3) is 0 Å². The Morgan fingerprint density at radius 2 is 1.83 bits per heavy atom. The molecule has 0 fully saturated rings. The van der Waals surface area contributed by atoms with Crippen LogP contribution in [-0.4, -0.2) is 0 Å². The van der Waals surface area contributed by atoms with Crippen molar-refractivity contribution in [3.63, 3.8) is 0 Å². The lowest BCUT2D eigenvalue weighted by molar-refractivity contribution is 0.842. The van der Waals surface area contributed by atoms with Crippen molar-refractivity contribution in [3.05, 3.63) is 71.8 Å². The maximum atomic E-state index is 5.42. The van der Waals surface area contributed by atoms with E-state index in [0.717, 1.165) is 25.7 Å². The smallest absolute Gasteiger partial charge is 0.00134 e. The molecule has 0 aliphatic heterocycles. The van der Waals surface area contributed by atoms with Gasteiger partial charge >= 0.3 is 0 Å². The summed E-state index contributed by atoms with van der Waals surface area (Å²) in [5.41, 5.74) is 7.20. The van der Waals surface area contributed by atoms with Gasteiger partial charge in [-0.05, 0) is 53.5 Å². The van der Waals surface area contributed by atoms with Crippen molar-refractivity contribution >= 4 is 0 Å². The van der Waals surface area contributed by atoms with Crippen LogP contribution in [0.3, 0.4) is 0 Å². The zero-order chi connectivity index (χ0) is 12.4. The maximum absolute atomic E-state index is 5.42. The van der Waals surface area contributed by atoms with E-state index in [0.29, 0.717) is 0 Å². The summed E-state index contributed by atoms with van der Waals surface area (Å²) in [6, 6.07) is 15.6. The van der Waals surface area contributed by atoms with Crippen molar-refractivity contribution in [1.29, 1.82) is 0 Å². The number of unbranched alkanes of at least 4 members (excludes halogenated alkanes) is 1. The molecule has 1 radical (unpaired) electrons. The van der Waals surface area contributed by atoms with Crippen LogP contribution in [0.4, 0.5) is 0 Å². The molecule has 3 rings (SSSR count). The largest absolute Gasteiger partial charge is 0.0845 e. The summed E-state index contributed by atoms with van der Waals surface area (Å²) in [6.07, 6.45) is 6.10. The molecule has 0 unspecified atom stereocenters. The highest BCUT2D eigenvalue weighted by molar-refractivity contribution is 5.76. The number of rotatable bonds is 4. The van der Waals surface area contributed by atoms with Gasteiger partial charge in [0.05, 0.1) is 0 Å². The lowest BCUT2D eigenvalue weighted by Crippen LogP contribution is -1.88. The number of benzene rings is 2. The Balaban J connectivity index is 1.86. The minimum atomic E-state index is 0.997. The Hall–Kier alpha value is -1.82. The predicted octanol–water partition coefficient (Wildman–Crippen LogP) is 4.57. The summed E-state index contributed by atoms with van der Waals surface area (Å²) < 4.78 is 0. The van der Waals surface area contributed by atoms with Gasteiger partial charge in [-0.2, -0.15) is 0 Å². The van der Waals surface area contributed by atoms with Crippen LogP contribution in [0, 0.1) is 6.58 Å². The van der Waals surface area contributed by atoms with E-state index in [2.05, 4.69) is 42.5 Å². The van der Waals surface area contributed by atoms with E-state index in [9.17, 15) is 0 Å². The summed E-state index contributed by atoms with van der Waals surface area (Å²) in [7, 11) is 0. The minimum absolute atomic E-state index is 0.997. The zero-order valence-corrected chi connectivity index (χ0v) is 10.5. The van der Waals surface area contributed by atoms with E-state index in [1.807, 2.05) is 0 Å². The SMILES string of the molecule is [CH]=CCCCc1ccc2c(c1)Cc1ccccc1-2. The molecule has 0 bridgehead atoms. The summed E-state index contributed by atoms with van der Waals surface area (Å²) in [5, 5.41) is 0. The molecular weight excluding hydrogens is 216 g/mol. The number of aryl methyl sites for hydroxylation is 1. The van der Waals surface area contributed by atoms with Gasteiger partial charge in [-0.1, -0.05) is 55.1 Å². The van der Waals surface area contributed by atoms with E-state index < -0.39 is 0 Å². The van der Waals surface area contributed by atoms with Crippen LogP contribution in [0.15, 0.2) is 48.5 Å². The fourth-order valence-corrected chi connectivity index (χ4v) is 2.78. The predicted molar refractivity (Wildman–Crippen MR) is 76.5 cm³/mol. The third kappa shape index (κ3) is 1.99.